The zero-order valence-electron chi connectivity index (χ0n) is 11.6. The Hall–Kier alpha value is -1.58. The van der Waals surface area contributed by atoms with E-state index in [9.17, 15) is 9.90 Å². The number of pyridine rings is 1. The standard InChI is InChI=1S/C15H21NO3/c1-10-8-11(2)16-14(13(10)15(17)18)19-9-12-6-4-3-5-7-12/h8,12H,3-7,9H2,1-2H3,(H,17,18). The van der Waals surface area contributed by atoms with E-state index in [1.165, 1.54) is 32.1 Å². The number of carboxylic acids is 1. The molecule has 4 heteroatoms. The second-order valence-corrected chi connectivity index (χ2v) is 5.38. The van der Waals surface area contributed by atoms with Crippen LogP contribution in [0, 0.1) is 19.8 Å². The second-order valence-electron chi connectivity index (χ2n) is 5.38. The molecule has 4 nitrogen and oxygen atoms in total. The van der Waals surface area contributed by atoms with Crippen LogP contribution in [0.5, 0.6) is 5.88 Å². The molecule has 1 fully saturated rings. The molecule has 1 aliphatic rings. The molecular formula is C15H21NO3. The van der Waals surface area contributed by atoms with E-state index in [1.54, 1.807) is 13.0 Å². The van der Waals surface area contributed by atoms with Gasteiger partial charge in [-0.15, -0.1) is 0 Å². The number of aromatic nitrogens is 1. The van der Waals surface area contributed by atoms with E-state index in [4.69, 9.17) is 4.74 Å². The molecule has 2 rings (SSSR count). The molecule has 1 aliphatic carbocycles. The maximum absolute atomic E-state index is 11.3. The van der Waals surface area contributed by atoms with Crippen LogP contribution in [0.2, 0.25) is 0 Å². The van der Waals surface area contributed by atoms with Gasteiger partial charge < -0.3 is 9.84 Å². The fraction of sp³-hybridized carbons (Fsp3) is 0.600. The van der Waals surface area contributed by atoms with Crippen LogP contribution < -0.4 is 4.74 Å². The lowest BCUT2D eigenvalue weighted by Gasteiger charge is -2.22. The number of carboxylic acid groups (broad SMARTS) is 1. The van der Waals surface area contributed by atoms with Crippen molar-refractivity contribution >= 4 is 5.97 Å². The molecule has 1 N–H and O–H groups in total. The zero-order chi connectivity index (χ0) is 13.8. The topological polar surface area (TPSA) is 59.4 Å². The molecule has 1 heterocycles. The highest BCUT2D eigenvalue weighted by Crippen LogP contribution is 2.26. The van der Waals surface area contributed by atoms with Crippen molar-refractivity contribution in [2.45, 2.75) is 46.0 Å². The van der Waals surface area contributed by atoms with Gasteiger partial charge in [-0.05, 0) is 44.2 Å². The number of hydrogen-bond acceptors (Lipinski definition) is 3. The fourth-order valence-electron chi connectivity index (χ4n) is 2.72. The maximum Gasteiger partial charge on any atom is 0.341 e. The predicted molar refractivity (Wildman–Crippen MR) is 72.7 cm³/mol. The lowest BCUT2D eigenvalue weighted by Crippen LogP contribution is -2.17. The van der Waals surface area contributed by atoms with Gasteiger partial charge in [-0.2, -0.15) is 0 Å². The summed E-state index contributed by atoms with van der Waals surface area (Å²) in [6.45, 7) is 4.22. The Bertz CT molecular complexity index is 465. The molecule has 104 valence electrons. The molecule has 0 radical (unpaired) electrons. The molecule has 0 saturated heterocycles. The Kier molecular flexibility index (Phi) is 4.40. The van der Waals surface area contributed by atoms with Gasteiger partial charge in [-0.25, -0.2) is 9.78 Å². The van der Waals surface area contributed by atoms with Crippen LogP contribution >= 0.6 is 0 Å². The van der Waals surface area contributed by atoms with Crippen molar-refractivity contribution in [1.29, 1.82) is 0 Å². The van der Waals surface area contributed by atoms with Crippen LogP contribution in [0.25, 0.3) is 0 Å². The van der Waals surface area contributed by atoms with E-state index in [2.05, 4.69) is 4.98 Å². The summed E-state index contributed by atoms with van der Waals surface area (Å²) < 4.78 is 5.71. The number of aromatic carboxylic acids is 1. The average Bonchev–Trinajstić information content (AvgIpc) is 2.36. The van der Waals surface area contributed by atoms with Crippen molar-refractivity contribution in [3.05, 3.63) is 22.9 Å². The minimum Gasteiger partial charge on any atom is -0.477 e. The molecule has 0 bridgehead atoms. The Morgan fingerprint density at radius 3 is 2.68 bits per heavy atom. The second kappa shape index (κ2) is 6.04. The summed E-state index contributed by atoms with van der Waals surface area (Å²) in [6.07, 6.45) is 6.15. The van der Waals surface area contributed by atoms with E-state index >= 15 is 0 Å². The van der Waals surface area contributed by atoms with E-state index in [0.717, 1.165) is 5.69 Å². The molecule has 0 unspecified atom stereocenters. The molecule has 0 aromatic carbocycles. The number of rotatable bonds is 4. The van der Waals surface area contributed by atoms with Gasteiger partial charge in [-0.1, -0.05) is 19.3 Å². The monoisotopic (exact) mass is 263 g/mol. The molecule has 0 amide bonds. The Morgan fingerprint density at radius 1 is 1.37 bits per heavy atom. The van der Waals surface area contributed by atoms with Crippen LogP contribution in [-0.2, 0) is 0 Å². The minimum atomic E-state index is -0.969. The summed E-state index contributed by atoms with van der Waals surface area (Å²) in [5, 5.41) is 9.25. The highest BCUT2D eigenvalue weighted by molar-refractivity contribution is 5.91. The van der Waals surface area contributed by atoms with E-state index in [-0.39, 0.29) is 11.4 Å². The first-order valence-corrected chi connectivity index (χ1v) is 6.92. The molecule has 19 heavy (non-hydrogen) atoms. The first-order valence-electron chi connectivity index (χ1n) is 6.92. The Labute approximate surface area is 113 Å². The number of ether oxygens (including phenoxy) is 1. The number of aryl methyl sites for hydroxylation is 2. The third-order valence-electron chi connectivity index (χ3n) is 3.71. The van der Waals surface area contributed by atoms with Crippen LogP contribution in [-0.4, -0.2) is 22.7 Å². The molecular weight excluding hydrogens is 242 g/mol. The minimum absolute atomic E-state index is 0.196. The summed E-state index contributed by atoms with van der Waals surface area (Å²) in [4.78, 5) is 15.5. The quantitative estimate of drug-likeness (QED) is 0.905. The van der Waals surface area contributed by atoms with Gasteiger partial charge >= 0.3 is 5.97 Å². The summed E-state index contributed by atoms with van der Waals surface area (Å²) in [6, 6.07) is 1.77. The Morgan fingerprint density at radius 2 is 2.05 bits per heavy atom. The smallest absolute Gasteiger partial charge is 0.341 e. The number of nitrogens with zero attached hydrogens (tertiary/aromatic N) is 1. The van der Waals surface area contributed by atoms with Crippen molar-refractivity contribution in [2.24, 2.45) is 5.92 Å². The third-order valence-corrected chi connectivity index (χ3v) is 3.71. The van der Waals surface area contributed by atoms with Gasteiger partial charge in [0.05, 0.1) is 6.61 Å². The first-order chi connectivity index (χ1) is 9.08. The van der Waals surface area contributed by atoms with Gasteiger partial charge in [0.15, 0.2) is 0 Å². The molecule has 0 aliphatic heterocycles. The van der Waals surface area contributed by atoms with Gasteiger partial charge in [0.2, 0.25) is 5.88 Å². The van der Waals surface area contributed by atoms with E-state index in [1.807, 2.05) is 6.92 Å². The normalized spacial score (nSPS) is 16.3. The lowest BCUT2D eigenvalue weighted by atomic mass is 9.90. The third kappa shape index (κ3) is 3.46. The zero-order valence-corrected chi connectivity index (χ0v) is 11.6. The van der Waals surface area contributed by atoms with Crippen molar-refractivity contribution in [3.63, 3.8) is 0 Å². The highest BCUT2D eigenvalue weighted by Gasteiger charge is 2.19. The summed E-state index contributed by atoms with van der Waals surface area (Å²) in [7, 11) is 0. The lowest BCUT2D eigenvalue weighted by molar-refractivity contribution is 0.0688. The molecule has 0 atom stereocenters. The van der Waals surface area contributed by atoms with Crippen molar-refractivity contribution in [3.8, 4) is 5.88 Å². The molecule has 1 aromatic heterocycles. The largest absolute Gasteiger partial charge is 0.477 e. The van der Waals surface area contributed by atoms with Gasteiger partial charge in [0.1, 0.15) is 5.56 Å². The Balaban J connectivity index is 2.12. The van der Waals surface area contributed by atoms with Crippen molar-refractivity contribution in [2.75, 3.05) is 6.61 Å². The van der Waals surface area contributed by atoms with Gasteiger partial charge in [-0.3, -0.25) is 0 Å². The number of hydrogen-bond donors (Lipinski definition) is 1. The average molecular weight is 263 g/mol. The van der Waals surface area contributed by atoms with Crippen molar-refractivity contribution < 1.29 is 14.6 Å². The highest BCUT2D eigenvalue weighted by atomic mass is 16.5. The van der Waals surface area contributed by atoms with Crippen LogP contribution in [0.4, 0.5) is 0 Å². The van der Waals surface area contributed by atoms with Crippen LogP contribution in [0.1, 0.15) is 53.7 Å². The molecule has 1 aromatic rings. The van der Waals surface area contributed by atoms with Crippen LogP contribution in [0.3, 0.4) is 0 Å². The maximum atomic E-state index is 11.3. The SMILES string of the molecule is Cc1cc(C)c(C(=O)O)c(OCC2CCCCC2)n1. The van der Waals surface area contributed by atoms with Crippen molar-refractivity contribution in [1.82, 2.24) is 4.98 Å². The predicted octanol–water partition coefficient (Wildman–Crippen LogP) is 3.36. The summed E-state index contributed by atoms with van der Waals surface area (Å²) in [5.41, 5.74) is 1.70. The van der Waals surface area contributed by atoms with Gasteiger partial charge in [0, 0.05) is 5.69 Å². The van der Waals surface area contributed by atoms with E-state index in [0.29, 0.717) is 18.1 Å². The van der Waals surface area contributed by atoms with Crippen LogP contribution in [0.15, 0.2) is 6.07 Å². The van der Waals surface area contributed by atoms with Gasteiger partial charge in [0.25, 0.3) is 0 Å². The van der Waals surface area contributed by atoms with E-state index < -0.39 is 5.97 Å². The summed E-state index contributed by atoms with van der Waals surface area (Å²) in [5.74, 6) is -0.155. The summed E-state index contributed by atoms with van der Waals surface area (Å²) >= 11 is 0. The fourth-order valence-corrected chi connectivity index (χ4v) is 2.72. The molecule has 0 spiro atoms. The number of carbonyl (C=O) groups is 1. The first kappa shape index (κ1) is 13.8. The molecule has 1 saturated carbocycles.